The molecule has 1 aromatic carbocycles. The van der Waals surface area contributed by atoms with Gasteiger partial charge in [-0.05, 0) is 18.6 Å². The number of hydrogen-bond donors (Lipinski definition) is 1. The van der Waals surface area contributed by atoms with E-state index in [0.717, 1.165) is 29.7 Å². The van der Waals surface area contributed by atoms with E-state index < -0.39 is 0 Å². The molecule has 0 atom stereocenters. The lowest BCUT2D eigenvalue weighted by molar-refractivity contribution is 0.320. The number of benzene rings is 1. The topological polar surface area (TPSA) is 25.0 Å². The Morgan fingerprint density at radius 1 is 1.38 bits per heavy atom. The van der Waals surface area contributed by atoms with Crippen molar-refractivity contribution in [3.8, 4) is 5.75 Å². The van der Waals surface area contributed by atoms with Crippen molar-refractivity contribution in [2.75, 3.05) is 6.61 Å². The Bertz CT molecular complexity index is 392. The summed E-state index contributed by atoms with van der Waals surface area (Å²) in [7, 11) is 0. The molecule has 0 bridgehead atoms. The monoisotopic (exact) mass is 174 g/mol. The Hall–Kier alpha value is -1.44. The summed E-state index contributed by atoms with van der Waals surface area (Å²) in [6.45, 7) is 2.84. The lowest BCUT2D eigenvalue weighted by Crippen LogP contribution is -1.93. The molecule has 0 unspecified atom stereocenters. The highest BCUT2D eigenvalue weighted by atomic mass is 16.5. The first-order valence-corrected chi connectivity index (χ1v) is 4.53. The van der Waals surface area contributed by atoms with Crippen molar-refractivity contribution in [2.45, 2.75) is 13.3 Å². The molecule has 67 valence electrons. The van der Waals surface area contributed by atoms with Gasteiger partial charge in [-0.25, -0.2) is 0 Å². The first-order valence-electron chi connectivity index (χ1n) is 4.53. The van der Waals surface area contributed by atoms with Gasteiger partial charge in [0.25, 0.3) is 0 Å². The van der Waals surface area contributed by atoms with Crippen molar-refractivity contribution in [3.05, 3.63) is 30.5 Å². The molecule has 1 radical (unpaired) electrons. The third-order valence-corrected chi connectivity index (χ3v) is 1.93. The molecule has 2 aromatic rings. The normalized spacial score (nSPS) is 10.5. The summed E-state index contributed by atoms with van der Waals surface area (Å²) in [5.41, 5.74) is 1.08. The van der Waals surface area contributed by atoms with Gasteiger partial charge in [0.2, 0.25) is 0 Å². The first kappa shape index (κ1) is 8.17. The molecule has 0 aliphatic rings. The fraction of sp³-hybridized carbons (Fsp3) is 0.273. The predicted octanol–water partition coefficient (Wildman–Crippen LogP) is 2.76. The van der Waals surface area contributed by atoms with Crippen molar-refractivity contribution in [1.82, 2.24) is 4.98 Å². The zero-order chi connectivity index (χ0) is 9.10. The molecular formula is C11H12NO. The number of ether oxygens (including phenoxy) is 1. The zero-order valence-corrected chi connectivity index (χ0v) is 7.63. The van der Waals surface area contributed by atoms with Gasteiger partial charge in [-0.15, -0.1) is 0 Å². The van der Waals surface area contributed by atoms with Gasteiger partial charge in [0.15, 0.2) is 5.75 Å². The Kier molecular flexibility index (Phi) is 2.21. The summed E-state index contributed by atoms with van der Waals surface area (Å²) < 4.78 is 5.52. The van der Waals surface area contributed by atoms with Crippen LogP contribution in [0, 0.1) is 6.20 Å². The second kappa shape index (κ2) is 3.52. The van der Waals surface area contributed by atoms with Crippen LogP contribution in [-0.2, 0) is 0 Å². The molecule has 13 heavy (non-hydrogen) atoms. The number of fused-ring (bicyclic) bond motifs is 1. The first-order chi connectivity index (χ1) is 6.42. The summed E-state index contributed by atoms with van der Waals surface area (Å²) in [4.78, 5) is 3.05. The van der Waals surface area contributed by atoms with E-state index in [0.29, 0.717) is 0 Å². The van der Waals surface area contributed by atoms with Gasteiger partial charge in [0, 0.05) is 10.9 Å². The Morgan fingerprint density at radius 2 is 2.23 bits per heavy atom. The lowest BCUT2D eigenvalue weighted by Gasteiger charge is -2.00. The van der Waals surface area contributed by atoms with Crippen LogP contribution in [0.2, 0.25) is 0 Å². The fourth-order valence-corrected chi connectivity index (χ4v) is 1.30. The lowest BCUT2D eigenvalue weighted by atomic mass is 10.2. The van der Waals surface area contributed by atoms with Crippen molar-refractivity contribution in [2.24, 2.45) is 0 Å². The smallest absolute Gasteiger partial charge is 0.154 e. The summed E-state index contributed by atoms with van der Waals surface area (Å²) >= 11 is 0. The van der Waals surface area contributed by atoms with Crippen LogP contribution in [0.5, 0.6) is 5.75 Å². The summed E-state index contributed by atoms with van der Waals surface area (Å²) in [6.07, 6.45) is 4.02. The van der Waals surface area contributed by atoms with Crippen molar-refractivity contribution in [1.29, 1.82) is 0 Å². The molecule has 0 aliphatic heterocycles. The maximum atomic E-state index is 5.52. The summed E-state index contributed by atoms with van der Waals surface area (Å²) in [5.74, 6) is 0.831. The molecule has 2 nitrogen and oxygen atoms in total. The standard InChI is InChI=1S/C11H12NO/c1-2-7-13-11-8-12-10-6-4-3-5-9(10)11/h3-6,12H,2,7H2,1H3. The van der Waals surface area contributed by atoms with Crippen molar-refractivity contribution < 1.29 is 4.74 Å². The molecule has 1 N–H and O–H groups in total. The Morgan fingerprint density at radius 3 is 3.08 bits per heavy atom. The fourth-order valence-electron chi connectivity index (χ4n) is 1.30. The minimum atomic E-state index is 0.748. The molecule has 0 saturated heterocycles. The highest BCUT2D eigenvalue weighted by Gasteiger charge is 2.02. The van der Waals surface area contributed by atoms with E-state index in [1.807, 2.05) is 24.3 Å². The maximum Gasteiger partial charge on any atom is 0.154 e. The summed E-state index contributed by atoms with van der Waals surface area (Å²) in [6, 6.07) is 8.05. The Labute approximate surface area is 77.5 Å². The molecule has 0 amide bonds. The molecule has 1 aromatic heterocycles. The van der Waals surface area contributed by atoms with E-state index in [1.165, 1.54) is 0 Å². The number of rotatable bonds is 3. The average molecular weight is 174 g/mol. The van der Waals surface area contributed by atoms with Gasteiger partial charge in [0.05, 0.1) is 6.61 Å². The molecule has 2 rings (SSSR count). The second-order valence-electron chi connectivity index (χ2n) is 2.97. The molecule has 0 saturated carbocycles. The van der Waals surface area contributed by atoms with E-state index in [2.05, 4.69) is 18.1 Å². The SMILES string of the molecule is CCCOc1[c][nH]c2ccccc12. The van der Waals surface area contributed by atoms with Gasteiger partial charge in [-0.1, -0.05) is 19.1 Å². The van der Waals surface area contributed by atoms with Crippen LogP contribution in [0.25, 0.3) is 10.9 Å². The largest absolute Gasteiger partial charge is 0.491 e. The average Bonchev–Trinajstić information content (AvgIpc) is 2.58. The number of H-pyrrole nitrogens is 1. The van der Waals surface area contributed by atoms with Crippen LogP contribution in [0.15, 0.2) is 24.3 Å². The van der Waals surface area contributed by atoms with Gasteiger partial charge < -0.3 is 9.72 Å². The van der Waals surface area contributed by atoms with E-state index >= 15 is 0 Å². The van der Waals surface area contributed by atoms with Gasteiger partial charge >= 0.3 is 0 Å². The molecule has 0 fully saturated rings. The van der Waals surface area contributed by atoms with E-state index in [9.17, 15) is 0 Å². The number of hydrogen-bond acceptors (Lipinski definition) is 1. The van der Waals surface area contributed by atoms with E-state index in [-0.39, 0.29) is 0 Å². The van der Waals surface area contributed by atoms with Crippen LogP contribution in [0.3, 0.4) is 0 Å². The minimum absolute atomic E-state index is 0.748. The van der Waals surface area contributed by atoms with Crippen LogP contribution in [-0.4, -0.2) is 11.6 Å². The van der Waals surface area contributed by atoms with Crippen LogP contribution < -0.4 is 4.74 Å². The highest BCUT2D eigenvalue weighted by molar-refractivity contribution is 5.85. The maximum absolute atomic E-state index is 5.52. The van der Waals surface area contributed by atoms with Crippen molar-refractivity contribution >= 4 is 10.9 Å². The number of aromatic amines is 1. The van der Waals surface area contributed by atoms with Crippen molar-refractivity contribution in [3.63, 3.8) is 0 Å². The van der Waals surface area contributed by atoms with E-state index in [1.54, 1.807) is 0 Å². The quantitative estimate of drug-likeness (QED) is 0.760. The minimum Gasteiger partial charge on any atom is -0.491 e. The third-order valence-electron chi connectivity index (χ3n) is 1.93. The van der Waals surface area contributed by atoms with Crippen LogP contribution >= 0.6 is 0 Å². The molecule has 0 spiro atoms. The van der Waals surface area contributed by atoms with Gasteiger partial charge in [-0.3, -0.25) is 0 Å². The van der Waals surface area contributed by atoms with Gasteiger partial charge in [0.1, 0.15) is 6.20 Å². The molecule has 1 heterocycles. The zero-order valence-electron chi connectivity index (χ0n) is 7.63. The van der Waals surface area contributed by atoms with Crippen LogP contribution in [0.1, 0.15) is 13.3 Å². The molecular weight excluding hydrogens is 162 g/mol. The highest BCUT2D eigenvalue weighted by Crippen LogP contribution is 2.23. The van der Waals surface area contributed by atoms with E-state index in [4.69, 9.17) is 4.74 Å². The molecule has 2 heteroatoms. The van der Waals surface area contributed by atoms with Crippen LogP contribution in [0.4, 0.5) is 0 Å². The number of para-hydroxylation sites is 1. The third kappa shape index (κ3) is 1.52. The number of nitrogens with one attached hydrogen (secondary N) is 1. The predicted molar refractivity (Wildman–Crippen MR) is 52.9 cm³/mol. The second-order valence-corrected chi connectivity index (χ2v) is 2.97. The number of aromatic nitrogens is 1. The Balaban J connectivity index is 2.35. The molecule has 0 aliphatic carbocycles. The van der Waals surface area contributed by atoms with Gasteiger partial charge in [-0.2, -0.15) is 0 Å². The summed E-state index contributed by atoms with van der Waals surface area (Å²) in [5, 5.41) is 1.11.